The number of aromatic nitrogens is 4. The quantitative estimate of drug-likeness (QED) is 0.707. The van der Waals surface area contributed by atoms with Gasteiger partial charge in [-0.2, -0.15) is 18.3 Å². The highest BCUT2D eigenvalue weighted by atomic mass is 19.4. The van der Waals surface area contributed by atoms with Crippen LogP contribution in [0, 0.1) is 5.41 Å². The van der Waals surface area contributed by atoms with Gasteiger partial charge in [-0.15, -0.1) is 0 Å². The maximum absolute atomic E-state index is 12.7. The van der Waals surface area contributed by atoms with Crippen molar-refractivity contribution in [3.05, 3.63) is 65.4 Å². The standard InChI is InChI=1S/C20H19F3N4O2/c1-19(2)7-12-5-15(29-16-4-3-14(8-25-16)20(21,22)23)6-13(17(12)18(19)28)9-27-11-24-10-26-27/h3-6,8,10-11,18,28H,7,9H2,1-2H3. The van der Waals surface area contributed by atoms with Crippen molar-refractivity contribution < 1.29 is 23.0 Å². The van der Waals surface area contributed by atoms with Crippen LogP contribution in [0.3, 0.4) is 0 Å². The lowest BCUT2D eigenvalue weighted by Crippen LogP contribution is -2.18. The average molecular weight is 404 g/mol. The molecule has 4 rings (SSSR count). The zero-order valence-electron chi connectivity index (χ0n) is 15.8. The molecular weight excluding hydrogens is 385 g/mol. The molecule has 0 saturated carbocycles. The fourth-order valence-corrected chi connectivity index (χ4v) is 3.63. The highest BCUT2D eigenvalue weighted by molar-refractivity contribution is 5.48. The molecule has 0 saturated heterocycles. The lowest BCUT2D eigenvalue weighted by Gasteiger charge is -2.23. The Morgan fingerprint density at radius 3 is 2.69 bits per heavy atom. The Balaban J connectivity index is 1.68. The van der Waals surface area contributed by atoms with E-state index in [1.807, 2.05) is 13.8 Å². The van der Waals surface area contributed by atoms with Crippen LogP contribution in [0.1, 0.15) is 42.2 Å². The molecule has 1 unspecified atom stereocenters. The molecule has 0 spiro atoms. The molecule has 1 aliphatic carbocycles. The summed E-state index contributed by atoms with van der Waals surface area (Å²) in [5.74, 6) is 0.499. The molecule has 0 radical (unpaired) electrons. The Hall–Kier alpha value is -2.94. The highest BCUT2D eigenvalue weighted by Crippen LogP contribution is 2.48. The van der Waals surface area contributed by atoms with Gasteiger partial charge in [0, 0.05) is 12.3 Å². The first-order chi connectivity index (χ1) is 13.6. The van der Waals surface area contributed by atoms with Gasteiger partial charge in [0.1, 0.15) is 18.4 Å². The maximum atomic E-state index is 12.7. The normalized spacial score (nSPS) is 17.9. The third kappa shape index (κ3) is 3.82. The van der Waals surface area contributed by atoms with E-state index in [1.165, 1.54) is 12.4 Å². The van der Waals surface area contributed by atoms with Crippen LogP contribution in [-0.4, -0.2) is 24.9 Å². The second-order valence-electron chi connectivity index (χ2n) is 7.80. The fourth-order valence-electron chi connectivity index (χ4n) is 3.63. The Morgan fingerprint density at radius 2 is 2.07 bits per heavy atom. The van der Waals surface area contributed by atoms with Gasteiger partial charge in [0.2, 0.25) is 5.88 Å². The minimum atomic E-state index is -4.45. The van der Waals surface area contributed by atoms with Crippen molar-refractivity contribution >= 4 is 0 Å². The first-order valence-electron chi connectivity index (χ1n) is 9.01. The minimum absolute atomic E-state index is 0.0578. The summed E-state index contributed by atoms with van der Waals surface area (Å²) in [7, 11) is 0. The number of pyridine rings is 1. The minimum Gasteiger partial charge on any atom is -0.439 e. The summed E-state index contributed by atoms with van der Waals surface area (Å²) >= 11 is 0. The number of aliphatic hydroxyl groups is 1. The lowest BCUT2D eigenvalue weighted by molar-refractivity contribution is -0.137. The topological polar surface area (TPSA) is 73.1 Å². The fraction of sp³-hybridized carbons (Fsp3) is 0.350. The smallest absolute Gasteiger partial charge is 0.417 e. The van der Waals surface area contributed by atoms with E-state index in [-0.39, 0.29) is 11.3 Å². The van der Waals surface area contributed by atoms with E-state index in [1.54, 1.807) is 23.1 Å². The number of hydrogen-bond acceptors (Lipinski definition) is 5. The molecule has 0 amide bonds. The second-order valence-corrected chi connectivity index (χ2v) is 7.80. The van der Waals surface area contributed by atoms with E-state index >= 15 is 0 Å². The first kappa shape index (κ1) is 19.4. The number of benzene rings is 1. The maximum Gasteiger partial charge on any atom is 0.417 e. The molecule has 9 heteroatoms. The van der Waals surface area contributed by atoms with E-state index in [0.717, 1.165) is 29.0 Å². The summed E-state index contributed by atoms with van der Waals surface area (Å²) in [4.78, 5) is 7.70. The monoisotopic (exact) mass is 404 g/mol. The molecule has 1 aliphatic rings. The second kappa shape index (κ2) is 6.84. The van der Waals surface area contributed by atoms with Crippen molar-refractivity contribution in [2.45, 2.75) is 39.1 Å². The SMILES string of the molecule is CC1(C)Cc2cc(Oc3ccc(C(F)(F)F)cn3)cc(Cn3cncn3)c2C1O. The molecule has 0 fully saturated rings. The number of hydrogen-bond donors (Lipinski definition) is 1. The van der Waals surface area contributed by atoms with Gasteiger partial charge in [-0.3, -0.25) is 0 Å². The molecule has 29 heavy (non-hydrogen) atoms. The van der Waals surface area contributed by atoms with Gasteiger partial charge in [-0.05, 0) is 46.7 Å². The van der Waals surface area contributed by atoms with Gasteiger partial charge in [-0.25, -0.2) is 14.6 Å². The average Bonchev–Trinajstić information content (AvgIpc) is 3.21. The van der Waals surface area contributed by atoms with Crippen molar-refractivity contribution in [1.82, 2.24) is 19.7 Å². The zero-order chi connectivity index (χ0) is 20.8. The summed E-state index contributed by atoms with van der Waals surface area (Å²) in [6, 6.07) is 5.67. The molecule has 3 aromatic rings. The first-order valence-corrected chi connectivity index (χ1v) is 9.01. The number of aliphatic hydroxyl groups excluding tert-OH is 1. The van der Waals surface area contributed by atoms with E-state index in [0.29, 0.717) is 18.7 Å². The highest BCUT2D eigenvalue weighted by Gasteiger charge is 2.39. The molecule has 6 nitrogen and oxygen atoms in total. The summed E-state index contributed by atoms with van der Waals surface area (Å²) < 4.78 is 45.5. The largest absolute Gasteiger partial charge is 0.439 e. The van der Waals surface area contributed by atoms with Gasteiger partial charge in [0.05, 0.1) is 18.2 Å². The molecule has 2 heterocycles. The Kier molecular flexibility index (Phi) is 4.57. The number of fused-ring (bicyclic) bond motifs is 1. The van der Waals surface area contributed by atoms with E-state index in [4.69, 9.17) is 4.74 Å². The van der Waals surface area contributed by atoms with Crippen LogP contribution in [0.2, 0.25) is 0 Å². The number of ether oxygens (including phenoxy) is 1. The van der Waals surface area contributed by atoms with Crippen molar-refractivity contribution in [2.24, 2.45) is 5.41 Å². The Bertz CT molecular complexity index is 1020. The summed E-state index contributed by atoms with van der Waals surface area (Å²) in [6.07, 6.45) is -0.714. The van der Waals surface area contributed by atoms with Crippen LogP contribution in [0.25, 0.3) is 0 Å². The van der Waals surface area contributed by atoms with Crippen LogP contribution in [0.15, 0.2) is 43.1 Å². The van der Waals surface area contributed by atoms with E-state index < -0.39 is 17.8 Å². The molecule has 152 valence electrons. The van der Waals surface area contributed by atoms with Gasteiger partial charge in [0.25, 0.3) is 0 Å². The Labute approximate surface area is 165 Å². The van der Waals surface area contributed by atoms with Crippen LogP contribution in [-0.2, 0) is 19.1 Å². The van der Waals surface area contributed by atoms with Crippen LogP contribution < -0.4 is 4.74 Å². The van der Waals surface area contributed by atoms with Crippen LogP contribution >= 0.6 is 0 Å². The zero-order valence-corrected chi connectivity index (χ0v) is 15.8. The molecular formula is C20H19F3N4O2. The van der Waals surface area contributed by atoms with E-state index in [2.05, 4.69) is 15.1 Å². The van der Waals surface area contributed by atoms with Crippen molar-refractivity contribution in [3.8, 4) is 11.6 Å². The van der Waals surface area contributed by atoms with Crippen LogP contribution in [0.4, 0.5) is 13.2 Å². The van der Waals surface area contributed by atoms with E-state index in [9.17, 15) is 18.3 Å². The van der Waals surface area contributed by atoms with Gasteiger partial charge < -0.3 is 9.84 Å². The number of rotatable bonds is 4. The molecule has 0 bridgehead atoms. The molecule has 1 atom stereocenters. The molecule has 0 aliphatic heterocycles. The third-order valence-electron chi connectivity index (χ3n) is 5.07. The van der Waals surface area contributed by atoms with Crippen molar-refractivity contribution in [3.63, 3.8) is 0 Å². The number of nitrogens with zero attached hydrogens (tertiary/aromatic N) is 4. The van der Waals surface area contributed by atoms with Gasteiger partial charge in [0.15, 0.2) is 0 Å². The summed E-state index contributed by atoms with van der Waals surface area (Å²) in [5, 5.41) is 14.9. The molecule has 1 N–H and O–H groups in total. The van der Waals surface area contributed by atoms with Crippen molar-refractivity contribution in [2.75, 3.05) is 0 Å². The predicted octanol–water partition coefficient (Wildman–Crippen LogP) is 4.15. The van der Waals surface area contributed by atoms with Crippen molar-refractivity contribution in [1.29, 1.82) is 0 Å². The number of alkyl halides is 3. The predicted molar refractivity (Wildman–Crippen MR) is 97.3 cm³/mol. The third-order valence-corrected chi connectivity index (χ3v) is 5.07. The lowest BCUT2D eigenvalue weighted by atomic mass is 9.87. The van der Waals surface area contributed by atoms with Crippen LogP contribution in [0.5, 0.6) is 11.6 Å². The summed E-state index contributed by atoms with van der Waals surface area (Å²) in [6.45, 7) is 4.34. The number of halogens is 3. The Morgan fingerprint density at radius 1 is 1.28 bits per heavy atom. The molecule has 2 aromatic heterocycles. The van der Waals surface area contributed by atoms with Gasteiger partial charge in [-0.1, -0.05) is 13.8 Å². The molecule has 1 aromatic carbocycles. The van der Waals surface area contributed by atoms with Gasteiger partial charge >= 0.3 is 6.18 Å². The summed E-state index contributed by atoms with van der Waals surface area (Å²) in [5.41, 5.74) is 1.40.